The maximum atomic E-state index is 12.8. The second-order valence-electron chi connectivity index (χ2n) is 10.2. The molecule has 0 radical (unpaired) electrons. The Morgan fingerprint density at radius 3 is 2.37 bits per heavy atom. The third-order valence-corrected chi connectivity index (χ3v) is 7.48. The molecule has 0 bridgehead atoms. The highest BCUT2D eigenvalue weighted by Crippen LogP contribution is 2.36. The van der Waals surface area contributed by atoms with Gasteiger partial charge in [-0.1, -0.05) is 13.8 Å². The number of benzene rings is 1. The number of thiophene rings is 1. The number of aromatic nitrogens is 2. The van der Waals surface area contributed by atoms with E-state index in [1.807, 2.05) is 68.4 Å². The number of likely N-dealkylation sites (N-methyl/N-ethyl adjacent to an activating group) is 2. The van der Waals surface area contributed by atoms with Gasteiger partial charge in [-0.3, -0.25) is 9.59 Å². The van der Waals surface area contributed by atoms with Crippen LogP contribution in [0.5, 0.6) is 5.75 Å². The number of nitrogens with zero attached hydrogens (tertiary/aromatic N) is 4. The predicted octanol–water partition coefficient (Wildman–Crippen LogP) is 4.78. The number of anilines is 5. The zero-order valence-corrected chi connectivity index (χ0v) is 26.2. The van der Waals surface area contributed by atoms with Gasteiger partial charge in [-0.25, -0.2) is 0 Å². The molecule has 4 N–H and O–H groups in total. The van der Waals surface area contributed by atoms with Gasteiger partial charge in [-0.15, -0.1) is 11.3 Å². The molecule has 2 heterocycles. The van der Waals surface area contributed by atoms with Crippen LogP contribution in [0.1, 0.15) is 53.1 Å². The van der Waals surface area contributed by atoms with Crippen LogP contribution < -0.4 is 26.0 Å². The van der Waals surface area contributed by atoms with Crippen molar-refractivity contribution in [3.05, 3.63) is 45.1 Å². The Balaban J connectivity index is 2.04. The topological polar surface area (TPSA) is 124 Å². The van der Waals surface area contributed by atoms with Crippen LogP contribution in [-0.4, -0.2) is 80.0 Å². The van der Waals surface area contributed by atoms with E-state index in [-0.39, 0.29) is 17.7 Å². The molecule has 0 fully saturated rings. The predicted molar refractivity (Wildman–Crippen MR) is 167 cm³/mol. The Kier molecular flexibility index (Phi) is 10.9. The van der Waals surface area contributed by atoms with Gasteiger partial charge in [0.05, 0.1) is 25.0 Å². The van der Waals surface area contributed by atoms with E-state index in [1.54, 1.807) is 14.2 Å². The fraction of sp³-hybridized carbons (Fsp3) is 0.448. The molecule has 0 spiro atoms. The Labute approximate surface area is 246 Å². The lowest BCUT2D eigenvalue weighted by Crippen LogP contribution is -2.37. The summed E-state index contributed by atoms with van der Waals surface area (Å²) < 4.78 is 5.69. The van der Waals surface area contributed by atoms with E-state index < -0.39 is 0 Å². The average Bonchev–Trinajstić information content (AvgIpc) is 3.39. The molecule has 0 aliphatic rings. The van der Waals surface area contributed by atoms with Gasteiger partial charge in [0.25, 0.3) is 5.91 Å². The molecule has 0 atom stereocenters. The van der Waals surface area contributed by atoms with Gasteiger partial charge in [0.1, 0.15) is 22.3 Å². The summed E-state index contributed by atoms with van der Waals surface area (Å²) in [4.78, 5) is 39.1. The first-order valence-corrected chi connectivity index (χ1v) is 14.4. The van der Waals surface area contributed by atoms with Gasteiger partial charge in [-0.05, 0) is 68.6 Å². The minimum absolute atomic E-state index is 0.0637. The molecular formula is C29H42N8O3S. The second kappa shape index (κ2) is 14.1. The number of hydrogen-bond donors (Lipinski definition) is 4. The number of aryl methyl sites for hydroxylation is 1. The van der Waals surface area contributed by atoms with Crippen LogP contribution in [0.15, 0.2) is 23.6 Å². The maximum Gasteiger partial charge on any atom is 0.263 e. The molecule has 0 aliphatic heterocycles. The van der Waals surface area contributed by atoms with Crippen molar-refractivity contribution >= 4 is 52.1 Å². The average molecular weight is 583 g/mol. The molecule has 0 saturated carbocycles. The summed E-state index contributed by atoms with van der Waals surface area (Å²) in [6, 6.07) is 5.79. The summed E-state index contributed by atoms with van der Waals surface area (Å²) in [5, 5.41) is 14.5. The molecule has 3 aromatic rings. The maximum absolute atomic E-state index is 12.8. The summed E-state index contributed by atoms with van der Waals surface area (Å²) in [6.45, 7) is 9.53. The van der Waals surface area contributed by atoms with E-state index in [9.17, 15) is 9.59 Å². The van der Waals surface area contributed by atoms with Crippen LogP contribution >= 0.6 is 11.3 Å². The molecule has 41 heavy (non-hydrogen) atoms. The normalized spacial score (nSPS) is 11.0. The van der Waals surface area contributed by atoms with Crippen LogP contribution in [0.3, 0.4) is 0 Å². The molecule has 12 heteroatoms. The van der Waals surface area contributed by atoms with Crippen molar-refractivity contribution in [1.29, 1.82) is 0 Å². The third kappa shape index (κ3) is 7.65. The monoisotopic (exact) mass is 582 g/mol. The molecule has 0 unspecified atom stereocenters. The van der Waals surface area contributed by atoms with Crippen molar-refractivity contribution in [1.82, 2.24) is 25.1 Å². The van der Waals surface area contributed by atoms with Crippen LogP contribution in [0.2, 0.25) is 0 Å². The Morgan fingerprint density at radius 2 is 1.78 bits per heavy atom. The van der Waals surface area contributed by atoms with Crippen molar-refractivity contribution in [2.24, 2.45) is 0 Å². The molecule has 2 amide bonds. The fourth-order valence-electron chi connectivity index (χ4n) is 4.42. The van der Waals surface area contributed by atoms with Crippen molar-refractivity contribution in [2.45, 2.75) is 40.2 Å². The van der Waals surface area contributed by atoms with Gasteiger partial charge < -0.3 is 35.8 Å². The van der Waals surface area contributed by atoms with Gasteiger partial charge in [0, 0.05) is 32.7 Å². The van der Waals surface area contributed by atoms with Crippen molar-refractivity contribution in [3.8, 4) is 5.75 Å². The van der Waals surface area contributed by atoms with Crippen molar-refractivity contribution < 1.29 is 14.3 Å². The zero-order valence-electron chi connectivity index (χ0n) is 25.4. The quantitative estimate of drug-likeness (QED) is 0.225. The van der Waals surface area contributed by atoms with Crippen LogP contribution in [0.25, 0.3) is 0 Å². The highest BCUT2D eigenvalue weighted by Gasteiger charge is 2.21. The van der Waals surface area contributed by atoms with E-state index in [1.165, 1.54) is 11.3 Å². The highest BCUT2D eigenvalue weighted by molar-refractivity contribution is 7.12. The van der Waals surface area contributed by atoms with E-state index in [0.29, 0.717) is 59.2 Å². The summed E-state index contributed by atoms with van der Waals surface area (Å²) in [7, 11) is 8.81. The van der Waals surface area contributed by atoms with E-state index in [0.717, 1.165) is 16.7 Å². The number of carbonyl (C=O) groups is 2. The van der Waals surface area contributed by atoms with Crippen LogP contribution in [-0.2, 0) is 11.3 Å². The lowest BCUT2D eigenvalue weighted by molar-refractivity contribution is -0.132. The van der Waals surface area contributed by atoms with Crippen molar-refractivity contribution in [2.75, 3.05) is 64.3 Å². The number of carbonyl (C=O) groups excluding carboxylic acids is 2. The van der Waals surface area contributed by atoms with Gasteiger partial charge in [0.15, 0.2) is 0 Å². The zero-order chi connectivity index (χ0) is 30.3. The third-order valence-electron chi connectivity index (χ3n) is 6.56. The smallest absolute Gasteiger partial charge is 0.263 e. The number of amides is 2. The lowest BCUT2D eigenvalue weighted by atomic mass is 10.0. The van der Waals surface area contributed by atoms with Gasteiger partial charge in [0.2, 0.25) is 11.9 Å². The molecule has 1 aromatic carbocycles. The Morgan fingerprint density at radius 1 is 1.07 bits per heavy atom. The van der Waals surface area contributed by atoms with Gasteiger partial charge in [-0.2, -0.15) is 9.97 Å². The number of ether oxygens (including phenoxy) is 1. The molecule has 222 valence electrons. The number of hydrogen-bond acceptors (Lipinski definition) is 10. The Bertz CT molecular complexity index is 1370. The summed E-state index contributed by atoms with van der Waals surface area (Å²) in [6.07, 6.45) is 0. The number of nitrogens with one attached hydrogen (secondary N) is 4. The molecule has 3 rings (SSSR count). The highest BCUT2D eigenvalue weighted by atomic mass is 32.1. The second-order valence-corrected chi connectivity index (χ2v) is 11.1. The first-order chi connectivity index (χ1) is 19.5. The molecule has 2 aromatic heterocycles. The van der Waals surface area contributed by atoms with Crippen molar-refractivity contribution in [3.63, 3.8) is 0 Å². The van der Waals surface area contributed by atoms with E-state index in [4.69, 9.17) is 14.7 Å². The first-order valence-electron chi connectivity index (χ1n) is 13.6. The van der Waals surface area contributed by atoms with E-state index >= 15 is 0 Å². The number of methoxy groups -OCH3 is 1. The van der Waals surface area contributed by atoms with Gasteiger partial charge >= 0.3 is 0 Å². The molecule has 0 saturated heterocycles. The largest absolute Gasteiger partial charge is 0.495 e. The lowest BCUT2D eigenvalue weighted by Gasteiger charge is -2.25. The SMILES string of the molecule is CCN(Cc1cc(Nc2nc(NC)c(C(C)C)c(Nc3ccsc3C(=O)NC)n2)c(OC)cc1C)C(=O)CN(C)C. The summed E-state index contributed by atoms with van der Waals surface area (Å²) in [5.74, 6) is 2.22. The molecule has 0 aliphatic carbocycles. The van der Waals surface area contributed by atoms with Crippen LogP contribution in [0, 0.1) is 6.92 Å². The first kappa shape index (κ1) is 31.6. The minimum atomic E-state index is -0.169. The van der Waals surface area contributed by atoms with Crippen LogP contribution in [0.4, 0.5) is 29.0 Å². The standard InChI is InChI=1S/C29H42N8O3S/c1-10-37(23(38)16-36(7)8)15-19-14-21(22(40-9)13-18(19)4)33-29-34-26(30-5)24(17(2)3)27(35-29)32-20-11-12-41-25(20)28(39)31-6/h11-14,17H,10,15-16H2,1-9H3,(H,31,39)(H3,30,32,33,34,35). The summed E-state index contributed by atoms with van der Waals surface area (Å²) in [5.41, 5.74) is 4.23. The minimum Gasteiger partial charge on any atom is -0.495 e. The molecular weight excluding hydrogens is 540 g/mol. The van der Waals surface area contributed by atoms with E-state index in [2.05, 4.69) is 35.1 Å². The Hall–Kier alpha value is -3.90. The number of rotatable bonds is 13. The fourth-order valence-corrected chi connectivity index (χ4v) is 5.21. The summed E-state index contributed by atoms with van der Waals surface area (Å²) >= 11 is 1.36. The molecule has 11 nitrogen and oxygen atoms in total.